The third-order valence-corrected chi connectivity index (χ3v) is 5.35. The zero-order valence-electron chi connectivity index (χ0n) is 17.9. The van der Waals surface area contributed by atoms with E-state index in [2.05, 4.69) is 37.7 Å². The molecule has 0 saturated carbocycles. The molecule has 5 rings (SSSR count). The normalized spacial score (nSPS) is 10.8. The van der Waals surface area contributed by atoms with Crippen LogP contribution in [0.3, 0.4) is 0 Å². The van der Waals surface area contributed by atoms with Crippen molar-refractivity contribution in [2.45, 2.75) is 6.42 Å². The van der Waals surface area contributed by atoms with Crippen molar-refractivity contribution >= 4 is 17.5 Å². The summed E-state index contributed by atoms with van der Waals surface area (Å²) < 4.78 is 16.1. The highest BCUT2D eigenvalue weighted by atomic mass is 19.1. The SMILES string of the molecule is C=Cc1cccc(F)c1Cc1nc2c(N)nc(-c3cccc(C#N)c3)c(-c3ccncn3)n2n1. The summed E-state index contributed by atoms with van der Waals surface area (Å²) in [6.45, 7) is 3.76. The monoisotopic (exact) mass is 448 g/mol. The molecule has 0 aliphatic heterocycles. The van der Waals surface area contributed by atoms with Crippen molar-refractivity contribution in [2.24, 2.45) is 0 Å². The van der Waals surface area contributed by atoms with Crippen LogP contribution < -0.4 is 5.73 Å². The van der Waals surface area contributed by atoms with Crippen LogP contribution in [0.15, 0.2) is 67.6 Å². The summed E-state index contributed by atoms with van der Waals surface area (Å²) in [7, 11) is 0. The average Bonchev–Trinajstić information content (AvgIpc) is 3.30. The molecule has 0 atom stereocenters. The maximum Gasteiger partial charge on any atom is 0.198 e. The highest BCUT2D eigenvalue weighted by Gasteiger charge is 2.21. The number of benzene rings is 2. The molecule has 5 aromatic rings. The molecule has 164 valence electrons. The van der Waals surface area contributed by atoms with Gasteiger partial charge in [-0.1, -0.05) is 36.9 Å². The van der Waals surface area contributed by atoms with Gasteiger partial charge in [-0.05, 0) is 29.8 Å². The topological polar surface area (TPSA) is 119 Å². The van der Waals surface area contributed by atoms with Gasteiger partial charge in [0.15, 0.2) is 17.3 Å². The van der Waals surface area contributed by atoms with Crippen molar-refractivity contribution in [1.82, 2.24) is 29.5 Å². The quantitative estimate of drug-likeness (QED) is 0.430. The van der Waals surface area contributed by atoms with E-state index in [1.54, 1.807) is 53.2 Å². The molecule has 0 fully saturated rings. The summed E-state index contributed by atoms with van der Waals surface area (Å²) in [6.07, 6.45) is 4.75. The third kappa shape index (κ3) is 3.63. The van der Waals surface area contributed by atoms with Gasteiger partial charge in [-0.25, -0.2) is 28.8 Å². The number of anilines is 1. The van der Waals surface area contributed by atoms with Crippen molar-refractivity contribution in [3.8, 4) is 28.7 Å². The van der Waals surface area contributed by atoms with E-state index < -0.39 is 0 Å². The molecule has 0 radical (unpaired) electrons. The van der Waals surface area contributed by atoms with Gasteiger partial charge >= 0.3 is 0 Å². The number of nitriles is 1. The van der Waals surface area contributed by atoms with E-state index in [4.69, 9.17) is 5.73 Å². The summed E-state index contributed by atoms with van der Waals surface area (Å²) >= 11 is 0. The molecule has 0 saturated heterocycles. The Bertz CT molecular complexity index is 1580. The van der Waals surface area contributed by atoms with Crippen molar-refractivity contribution in [3.05, 3.63) is 96.0 Å². The van der Waals surface area contributed by atoms with E-state index in [1.807, 2.05) is 6.07 Å². The van der Waals surface area contributed by atoms with E-state index in [1.165, 1.54) is 12.4 Å². The Hall–Kier alpha value is -4.97. The van der Waals surface area contributed by atoms with Gasteiger partial charge in [0.05, 0.1) is 17.3 Å². The van der Waals surface area contributed by atoms with E-state index in [-0.39, 0.29) is 18.1 Å². The Labute approximate surface area is 193 Å². The summed E-state index contributed by atoms with van der Waals surface area (Å²) in [5.74, 6) is 0.138. The molecule has 8 nitrogen and oxygen atoms in total. The number of nitrogens with two attached hydrogens (primary N) is 1. The lowest BCUT2D eigenvalue weighted by atomic mass is 10.0. The fourth-order valence-corrected chi connectivity index (χ4v) is 3.78. The van der Waals surface area contributed by atoms with Crippen LogP contribution in [0.2, 0.25) is 0 Å². The lowest BCUT2D eigenvalue weighted by Gasteiger charge is -2.11. The predicted molar refractivity (Wildman–Crippen MR) is 126 cm³/mol. The van der Waals surface area contributed by atoms with Gasteiger partial charge in [-0.2, -0.15) is 10.4 Å². The third-order valence-electron chi connectivity index (χ3n) is 5.35. The van der Waals surface area contributed by atoms with Crippen molar-refractivity contribution < 1.29 is 4.39 Å². The summed E-state index contributed by atoms with van der Waals surface area (Å²) in [5, 5.41) is 14.0. The van der Waals surface area contributed by atoms with Gasteiger partial charge < -0.3 is 5.73 Å². The lowest BCUT2D eigenvalue weighted by molar-refractivity contribution is 0.611. The second kappa shape index (κ2) is 8.52. The fourth-order valence-electron chi connectivity index (χ4n) is 3.78. The maximum absolute atomic E-state index is 14.6. The first kappa shape index (κ1) is 20.9. The molecule has 0 bridgehead atoms. The minimum Gasteiger partial charge on any atom is -0.381 e. The van der Waals surface area contributed by atoms with Gasteiger partial charge in [-0.3, -0.25) is 0 Å². The Kier molecular flexibility index (Phi) is 5.24. The smallest absolute Gasteiger partial charge is 0.198 e. The Morgan fingerprint density at radius 1 is 1.15 bits per heavy atom. The highest BCUT2D eigenvalue weighted by Crippen LogP contribution is 2.32. The number of fused-ring (bicyclic) bond motifs is 1. The van der Waals surface area contributed by atoms with Crippen LogP contribution in [0.1, 0.15) is 22.5 Å². The molecule has 3 heterocycles. The minimum absolute atomic E-state index is 0.137. The number of nitrogen functional groups attached to an aromatic ring is 1. The summed E-state index contributed by atoms with van der Waals surface area (Å²) in [6, 6.07) is 15.7. The number of hydrogen-bond acceptors (Lipinski definition) is 7. The Morgan fingerprint density at radius 3 is 2.76 bits per heavy atom. The van der Waals surface area contributed by atoms with Gasteiger partial charge in [-0.15, -0.1) is 0 Å². The van der Waals surface area contributed by atoms with Crippen LogP contribution in [-0.4, -0.2) is 29.5 Å². The molecule has 0 spiro atoms. The molecule has 0 amide bonds. The van der Waals surface area contributed by atoms with E-state index in [0.717, 1.165) is 0 Å². The molecule has 34 heavy (non-hydrogen) atoms. The minimum atomic E-state index is -0.368. The average molecular weight is 448 g/mol. The molecule has 3 aromatic heterocycles. The van der Waals surface area contributed by atoms with Crippen molar-refractivity contribution in [1.29, 1.82) is 5.26 Å². The van der Waals surface area contributed by atoms with E-state index in [0.29, 0.717) is 50.8 Å². The number of nitrogens with zero attached hydrogens (tertiary/aromatic N) is 7. The standard InChI is InChI=1S/C25H17FN8/c1-2-16-6-4-8-19(26)18(16)12-21-31-25-24(28)32-22(17-7-3-5-15(11-17)13-27)23(34(25)33-21)20-9-10-29-14-30-20/h2-11,14H,1,12H2,(H2,28,32). The molecular weight excluding hydrogens is 431 g/mol. The first-order chi connectivity index (χ1) is 16.6. The maximum atomic E-state index is 14.6. The van der Waals surface area contributed by atoms with Crippen LogP contribution in [-0.2, 0) is 6.42 Å². The predicted octanol–water partition coefficient (Wildman–Crippen LogP) is 4.08. The zero-order valence-corrected chi connectivity index (χ0v) is 17.9. The van der Waals surface area contributed by atoms with Gasteiger partial charge in [0, 0.05) is 23.7 Å². The first-order valence-corrected chi connectivity index (χ1v) is 10.3. The number of rotatable bonds is 5. The second-order valence-corrected chi connectivity index (χ2v) is 7.43. The summed E-state index contributed by atoms with van der Waals surface area (Å²) in [5.41, 5.74) is 10.4. The van der Waals surface area contributed by atoms with Crippen LogP contribution in [0.5, 0.6) is 0 Å². The van der Waals surface area contributed by atoms with Gasteiger partial charge in [0.1, 0.15) is 23.5 Å². The lowest BCUT2D eigenvalue weighted by Crippen LogP contribution is -2.06. The number of halogens is 1. The van der Waals surface area contributed by atoms with Crippen LogP contribution in [0.25, 0.3) is 34.4 Å². The van der Waals surface area contributed by atoms with Crippen molar-refractivity contribution in [3.63, 3.8) is 0 Å². The molecule has 0 aliphatic rings. The largest absolute Gasteiger partial charge is 0.381 e. The van der Waals surface area contributed by atoms with Crippen LogP contribution in [0, 0.1) is 17.1 Å². The molecule has 2 N–H and O–H groups in total. The Morgan fingerprint density at radius 2 is 2.00 bits per heavy atom. The Balaban J connectivity index is 1.75. The zero-order chi connectivity index (χ0) is 23.7. The molecule has 0 unspecified atom stereocenters. The summed E-state index contributed by atoms with van der Waals surface area (Å²) in [4.78, 5) is 17.5. The fraction of sp³-hybridized carbons (Fsp3) is 0.0400. The van der Waals surface area contributed by atoms with Gasteiger partial charge in [0.2, 0.25) is 0 Å². The number of aromatic nitrogens is 6. The van der Waals surface area contributed by atoms with Crippen LogP contribution >= 0.6 is 0 Å². The van der Waals surface area contributed by atoms with Crippen molar-refractivity contribution in [2.75, 3.05) is 5.73 Å². The molecule has 9 heteroatoms. The second-order valence-electron chi connectivity index (χ2n) is 7.43. The first-order valence-electron chi connectivity index (χ1n) is 10.3. The number of hydrogen-bond donors (Lipinski definition) is 1. The highest BCUT2D eigenvalue weighted by molar-refractivity contribution is 5.81. The molecular formula is C25H17FN8. The molecule has 0 aliphatic carbocycles. The van der Waals surface area contributed by atoms with Gasteiger partial charge in [0.25, 0.3) is 0 Å². The molecule has 2 aromatic carbocycles. The van der Waals surface area contributed by atoms with E-state index in [9.17, 15) is 9.65 Å². The van der Waals surface area contributed by atoms with Crippen LogP contribution in [0.4, 0.5) is 10.2 Å². The van der Waals surface area contributed by atoms with E-state index >= 15 is 0 Å².